The fourth-order valence-electron chi connectivity index (χ4n) is 2.17. The van der Waals surface area contributed by atoms with Gasteiger partial charge in [-0.3, -0.25) is 9.48 Å². The SMILES string of the molecule is Cn1cc(CNC(=O)c2c[nH]c3cc(N)ccc23)cn1. The Morgan fingerprint density at radius 1 is 1.50 bits per heavy atom. The van der Waals surface area contributed by atoms with Gasteiger partial charge in [-0.25, -0.2) is 0 Å². The summed E-state index contributed by atoms with van der Waals surface area (Å²) in [6.45, 7) is 0.453. The summed E-state index contributed by atoms with van der Waals surface area (Å²) in [6, 6.07) is 5.45. The lowest BCUT2D eigenvalue weighted by atomic mass is 10.1. The van der Waals surface area contributed by atoms with E-state index in [0.29, 0.717) is 17.8 Å². The van der Waals surface area contributed by atoms with Crippen LogP contribution in [-0.2, 0) is 13.6 Å². The number of fused-ring (bicyclic) bond motifs is 1. The predicted molar refractivity (Wildman–Crippen MR) is 77.1 cm³/mol. The average Bonchev–Trinajstić information content (AvgIpc) is 3.01. The van der Waals surface area contributed by atoms with Crippen LogP contribution in [0.4, 0.5) is 5.69 Å². The van der Waals surface area contributed by atoms with Gasteiger partial charge in [-0.1, -0.05) is 0 Å². The molecule has 0 aliphatic rings. The van der Waals surface area contributed by atoms with Crippen LogP contribution in [0.2, 0.25) is 0 Å². The first-order valence-electron chi connectivity index (χ1n) is 6.26. The Hall–Kier alpha value is -2.76. The van der Waals surface area contributed by atoms with Crippen LogP contribution < -0.4 is 11.1 Å². The van der Waals surface area contributed by atoms with Crippen LogP contribution in [0.5, 0.6) is 0 Å². The van der Waals surface area contributed by atoms with Crippen molar-refractivity contribution in [1.82, 2.24) is 20.1 Å². The minimum Gasteiger partial charge on any atom is -0.399 e. The number of nitrogen functional groups attached to an aromatic ring is 1. The summed E-state index contributed by atoms with van der Waals surface area (Å²) in [5.74, 6) is -0.120. The molecule has 2 heterocycles. The molecule has 1 aromatic carbocycles. The lowest BCUT2D eigenvalue weighted by molar-refractivity contribution is 0.0952. The first-order valence-corrected chi connectivity index (χ1v) is 6.26. The second-order valence-electron chi connectivity index (χ2n) is 4.71. The summed E-state index contributed by atoms with van der Waals surface area (Å²) in [5.41, 5.74) is 8.82. The maximum atomic E-state index is 12.2. The molecule has 0 aliphatic heterocycles. The quantitative estimate of drug-likeness (QED) is 0.628. The maximum Gasteiger partial charge on any atom is 0.253 e. The topological polar surface area (TPSA) is 88.7 Å². The van der Waals surface area contributed by atoms with Crippen molar-refractivity contribution in [2.24, 2.45) is 7.05 Å². The molecular weight excluding hydrogens is 254 g/mol. The molecule has 6 nitrogen and oxygen atoms in total. The van der Waals surface area contributed by atoms with Crippen molar-refractivity contribution in [1.29, 1.82) is 0 Å². The van der Waals surface area contributed by atoms with Gasteiger partial charge < -0.3 is 16.0 Å². The van der Waals surface area contributed by atoms with Crippen molar-refractivity contribution in [2.75, 3.05) is 5.73 Å². The monoisotopic (exact) mass is 269 g/mol. The zero-order chi connectivity index (χ0) is 14.1. The van der Waals surface area contributed by atoms with Crippen molar-refractivity contribution in [3.8, 4) is 0 Å². The molecule has 0 radical (unpaired) electrons. The Morgan fingerprint density at radius 2 is 2.35 bits per heavy atom. The summed E-state index contributed by atoms with van der Waals surface area (Å²) >= 11 is 0. The third-order valence-corrected chi connectivity index (χ3v) is 3.16. The number of hydrogen-bond donors (Lipinski definition) is 3. The Bertz CT molecular complexity index is 771. The van der Waals surface area contributed by atoms with E-state index in [1.165, 1.54) is 0 Å². The number of rotatable bonds is 3. The highest BCUT2D eigenvalue weighted by molar-refractivity contribution is 6.07. The molecule has 102 valence electrons. The van der Waals surface area contributed by atoms with Gasteiger partial charge in [0, 0.05) is 48.1 Å². The number of anilines is 1. The van der Waals surface area contributed by atoms with Gasteiger partial charge in [-0.15, -0.1) is 0 Å². The second kappa shape index (κ2) is 4.73. The van der Waals surface area contributed by atoms with E-state index in [4.69, 9.17) is 5.73 Å². The second-order valence-corrected chi connectivity index (χ2v) is 4.71. The Morgan fingerprint density at radius 3 is 3.10 bits per heavy atom. The number of H-pyrrole nitrogens is 1. The van der Waals surface area contributed by atoms with Gasteiger partial charge in [0.1, 0.15) is 0 Å². The molecule has 2 aromatic heterocycles. The first kappa shape index (κ1) is 12.3. The normalized spacial score (nSPS) is 10.8. The lowest BCUT2D eigenvalue weighted by Gasteiger charge is -2.02. The Kier molecular flexibility index (Phi) is 2.90. The smallest absolute Gasteiger partial charge is 0.253 e. The largest absolute Gasteiger partial charge is 0.399 e. The van der Waals surface area contributed by atoms with Gasteiger partial charge in [-0.2, -0.15) is 5.10 Å². The van der Waals surface area contributed by atoms with Gasteiger partial charge in [0.2, 0.25) is 0 Å². The van der Waals surface area contributed by atoms with Gasteiger partial charge in [0.15, 0.2) is 0 Å². The van der Waals surface area contributed by atoms with E-state index in [2.05, 4.69) is 15.4 Å². The van der Waals surface area contributed by atoms with Crippen LogP contribution in [-0.4, -0.2) is 20.7 Å². The number of benzene rings is 1. The summed E-state index contributed by atoms with van der Waals surface area (Å²) in [5, 5.41) is 7.80. The molecule has 3 rings (SSSR count). The molecule has 0 aliphatic carbocycles. The minimum atomic E-state index is -0.120. The van der Waals surface area contributed by atoms with Crippen molar-refractivity contribution in [2.45, 2.75) is 6.54 Å². The van der Waals surface area contributed by atoms with Crippen molar-refractivity contribution in [3.63, 3.8) is 0 Å². The number of carbonyl (C=O) groups is 1. The number of hydrogen-bond acceptors (Lipinski definition) is 3. The van der Waals surface area contributed by atoms with Crippen LogP contribution in [0.1, 0.15) is 15.9 Å². The number of nitrogens with zero attached hydrogens (tertiary/aromatic N) is 2. The van der Waals surface area contributed by atoms with E-state index in [9.17, 15) is 4.79 Å². The van der Waals surface area contributed by atoms with E-state index < -0.39 is 0 Å². The molecule has 0 atom stereocenters. The molecule has 0 spiro atoms. The van der Waals surface area contributed by atoms with Crippen molar-refractivity contribution in [3.05, 3.63) is 47.9 Å². The van der Waals surface area contributed by atoms with Gasteiger partial charge in [0.05, 0.1) is 11.8 Å². The highest BCUT2D eigenvalue weighted by atomic mass is 16.1. The molecule has 20 heavy (non-hydrogen) atoms. The third kappa shape index (κ3) is 2.23. The van der Waals surface area contributed by atoms with Crippen LogP contribution in [0.15, 0.2) is 36.8 Å². The summed E-state index contributed by atoms with van der Waals surface area (Å²) in [6.07, 6.45) is 5.30. The molecule has 0 saturated heterocycles. The Labute approximate surface area is 115 Å². The summed E-state index contributed by atoms with van der Waals surface area (Å²) in [4.78, 5) is 15.3. The number of aromatic nitrogens is 3. The highest BCUT2D eigenvalue weighted by Gasteiger charge is 2.11. The predicted octanol–water partition coefficient (Wildman–Crippen LogP) is 1.41. The molecular formula is C14H15N5O. The maximum absolute atomic E-state index is 12.2. The molecule has 4 N–H and O–H groups in total. The number of nitrogens with two attached hydrogens (primary N) is 1. The number of aromatic amines is 1. The van der Waals surface area contributed by atoms with Crippen molar-refractivity contribution < 1.29 is 4.79 Å². The van der Waals surface area contributed by atoms with Gasteiger partial charge in [-0.05, 0) is 18.2 Å². The average molecular weight is 269 g/mol. The molecule has 0 bridgehead atoms. The fourth-order valence-corrected chi connectivity index (χ4v) is 2.17. The van der Waals surface area contributed by atoms with Gasteiger partial charge in [0.25, 0.3) is 5.91 Å². The molecule has 0 saturated carbocycles. The third-order valence-electron chi connectivity index (χ3n) is 3.16. The minimum absolute atomic E-state index is 0.120. The lowest BCUT2D eigenvalue weighted by Crippen LogP contribution is -2.22. The van der Waals surface area contributed by atoms with E-state index in [0.717, 1.165) is 16.5 Å². The van der Waals surface area contributed by atoms with E-state index in [-0.39, 0.29) is 5.91 Å². The number of aryl methyl sites for hydroxylation is 1. The van der Waals surface area contributed by atoms with Crippen LogP contribution in [0.25, 0.3) is 10.9 Å². The zero-order valence-electron chi connectivity index (χ0n) is 11.1. The van der Waals surface area contributed by atoms with E-state index >= 15 is 0 Å². The highest BCUT2D eigenvalue weighted by Crippen LogP contribution is 2.20. The summed E-state index contributed by atoms with van der Waals surface area (Å²) < 4.78 is 1.70. The number of carbonyl (C=O) groups excluding carboxylic acids is 1. The first-order chi connectivity index (χ1) is 9.63. The number of amides is 1. The summed E-state index contributed by atoms with van der Waals surface area (Å²) in [7, 11) is 1.84. The molecule has 0 fully saturated rings. The molecule has 1 amide bonds. The number of nitrogens with one attached hydrogen (secondary N) is 2. The molecule has 3 aromatic rings. The van der Waals surface area contributed by atoms with E-state index in [1.807, 2.05) is 25.4 Å². The van der Waals surface area contributed by atoms with E-state index in [1.54, 1.807) is 23.1 Å². The van der Waals surface area contributed by atoms with Crippen LogP contribution in [0.3, 0.4) is 0 Å². The molecule has 0 unspecified atom stereocenters. The standard InChI is InChI=1S/C14H15N5O/c1-19-8-9(6-18-19)5-17-14(20)12-7-16-13-4-10(15)2-3-11(12)13/h2-4,6-8,16H,5,15H2,1H3,(H,17,20). The van der Waals surface area contributed by atoms with Crippen molar-refractivity contribution >= 4 is 22.5 Å². The van der Waals surface area contributed by atoms with Crippen LogP contribution in [0, 0.1) is 0 Å². The zero-order valence-corrected chi connectivity index (χ0v) is 11.1. The fraction of sp³-hybridized carbons (Fsp3) is 0.143. The van der Waals surface area contributed by atoms with Crippen LogP contribution >= 0.6 is 0 Å². The van der Waals surface area contributed by atoms with Gasteiger partial charge >= 0.3 is 0 Å². The molecule has 6 heteroatoms. The Balaban J connectivity index is 1.78.